The second kappa shape index (κ2) is 24.7. The van der Waals surface area contributed by atoms with E-state index in [2.05, 4.69) is 32.0 Å². The van der Waals surface area contributed by atoms with Gasteiger partial charge in [0, 0.05) is 106 Å². The SMILES string of the molecule is C.CN1CCN(c2nc(CCC=O)cn(-c3ccc(F)cc3)c2=O)CC1.CN1CCN(c2nc(CCCN[C@@H]3C[C@H]3c3ccc(F)cc3)cn(-c3ccc(F)cc3)c2=O)CC1.N[C@@H]1C[C@H]1c1ccc(F)cc1. The molecule has 13 nitrogen and oxygen atoms in total. The third-order valence-corrected chi connectivity index (χ3v) is 13.5. The zero-order chi connectivity index (χ0) is 50.0. The van der Waals surface area contributed by atoms with Crippen LogP contribution in [0.4, 0.5) is 29.2 Å². The fraction of sp³-hybridized carbons (Fsp3) is 0.400. The summed E-state index contributed by atoms with van der Waals surface area (Å²) in [5.41, 5.74) is 10.3. The number of carbonyl (C=O) groups is 1. The number of rotatable bonds is 14. The molecular weight excluding hydrogens is 925 g/mol. The number of anilines is 2. The second-order valence-electron chi connectivity index (χ2n) is 18.8. The van der Waals surface area contributed by atoms with E-state index in [1.165, 1.54) is 64.2 Å². The van der Waals surface area contributed by atoms with Crippen molar-refractivity contribution in [1.29, 1.82) is 0 Å². The van der Waals surface area contributed by atoms with Crippen molar-refractivity contribution in [3.05, 3.63) is 176 Å². The maximum Gasteiger partial charge on any atom is 0.298 e. The standard InChI is InChI=1S/C27H31F2N5O.C18H21FN4O2.C9H10FN.CH4/c1-32-13-15-33(16-14-32)26-27(35)34(23-10-8-21(29)9-11-23)18-22(31-26)3-2-12-30-25-17-24(25)19-4-6-20(28)7-5-19;1-21-8-10-22(11-9-21)17-18(25)23(13-15(20-17)3-2-12-24)16-6-4-14(19)5-7-16;10-7-3-1-6(2-4-7)8-5-9(8)11;/h4-11,18,24-25,30H,2-3,12-17H2,1H3;4-7,12-13H,2-3,8-11H2,1H3;1-4,8-9H,5,11H2;1H4/t24-,25+;;8-,9+;/m0.0./s1. The number of aromatic nitrogens is 4. The van der Waals surface area contributed by atoms with E-state index in [-0.39, 0.29) is 41.8 Å². The Morgan fingerprint density at radius 1 is 0.583 bits per heavy atom. The van der Waals surface area contributed by atoms with Gasteiger partial charge in [-0.2, -0.15) is 0 Å². The lowest BCUT2D eigenvalue weighted by Gasteiger charge is -2.33. The summed E-state index contributed by atoms with van der Waals surface area (Å²) in [4.78, 5) is 54.7. The molecular formula is C55H66F4N10O3. The molecule has 72 heavy (non-hydrogen) atoms. The normalized spacial score (nSPS) is 19.5. The first-order valence-electron chi connectivity index (χ1n) is 24.4. The number of likely N-dealkylation sites (N-methyl/N-ethyl adjacent to an activating group) is 2. The van der Waals surface area contributed by atoms with Gasteiger partial charge in [0.15, 0.2) is 11.6 Å². The summed E-state index contributed by atoms with van der Waals surface area (Å²) in [5, 5.41) is 3.59. The van der Waals surface area contributed by atoms with Crippen LogP contribution in [0.2, 0.25) is 0 Å². The molecule has 0 spiro atoms. The van der Waals surface area contributed by atoms with Crippen LogP contribution in [-0.4, -0.2) is 120 Å². The summed E-state index contributed by atoms with van der Waals surface area (Å²) in [5.74, 6) is 0.708. The molecule has 0 unspecified atom stereocenters. The van der Waals surface area contributed by atoms with Crippen LogP contribution in [0.3, 0.4) is 0 Å². The lowest BCUT2D eigenvalue weighted by molar-refractivity contribution is -0.107. The van der Waals surface area contributed by atoms with E-state index in [1.807, 2.05) is 36.2 Å². The smallest absolute Gasteiger partial charge is 0.298 e. The highest BCUT2D eigenvalue weighted by atomic mass is 19.1. The van der Waals surface area contributed by atoms with Crippen molar-refractivity contribution in [2.45, 2.75) is 69.9 Å². The maximum atomic E-state index is 13.5. The topological polar surface area (TPSA) is 138 Å². The third-order valence-electron chi connectivity index (χ3n) is 13.5. The molecule has 3 N–H and O–H groups in total. The van der Waals surface area contributed by atoms with Crippen LogP contribution in [0.1, 0.15) is 67.5 Å². The minimum absolute atomic E-state index is 0. The van der Waals surface area contributed by atoms with E-state index >= 15 is 0 Å². The number of aldehydes is 1. The monoisotopic (exact) mass is 991 g/mol. The van der Waals surface area contributed by atoms with Crippen LogP contribution >= 0.6 is 0 Å². The van der Waals surface area contributed by atoms with Crippen molar-refractivity contribution in [2.75, 3.05) is 82.8 Å². The first-order chi connectivity index (χ1) is 34.3. The minimum atomic E-state index is -0.355. The molecule has 17 heteroatoms. The van der Waals surface area contributed by atoms with Crippen LogP contribution in [0, 0.1) is 23.3 Å². The molecule has 0 amide bonds. The number of hydrogen-bond acceptors (Lipinski definition) is 11. The van der Waals surface area contributed by atoms with Gasteiger partial charge in [-0.25, -0.2) is 27.5 Å². The third kappa shape index (κ3) is 14.1. The van der Waals surface area contributed by atoms with Crippen molar-refractivity contribution >= 4 is 17.9 Å². The number of hydrogen-bond donors (Lipinski definition) is 2. The summed E-state index contributed by atoms with van der Waals surface area (Å²) in [7, 11) is 4.12. The molecule has 4 fully saturated rings. The number of piperazine rings is 2. The number of benzene rings is 4. The Bertz CT molecular complexity index is 2810. The predicted molar refractivity (Wildman–Crippen MR) is 276 cm³/mol. The summed E-state index contributed by atoms with van der Waals surface area (Å²) in [6.07, 6.45) is 8.78. The average molecular weight is 991 g/mol. The molecule has 382 valence electrons. The van der Waals surface area contributed by atoms with Gasteiger partial charge in [-0.05, 0) is 137 Å². The highest BCUT2D eigenvalue weighted by molar-refractivity contribution is 5.50. The van der Waals surface area contributed by atoms with Crippen LogP contribution in [0.5, 0.6) is 0 Å². The lowest BCUT2D eigenvalue weighted by atomic mass is 10.1. The molecule has 2 aliphatic heterocycles. The number of halogens is 4. The molecule has 2 saturated heterocycles. The molecule has 4 heterocycles. The van der Waals surface area contributed by atoms with E-state index in [9.17, 15) is 31.9 Å². The van der Waals surface area contributed by atoms with E-state index in [1.54, 1.807) is 41.2 Å². The molecule has 0 bridgehead atoms. The van der Waals surface area contributed by atoms with E-state index < -0.39 is 0 Å². The summed E-state index contributed by atoms with van der Waals surface area (Å²) in [6, 6.07) is 25.8. The second-order valence-corrected chi connectivity index (χ2v) is 18.8. The van der Waals surface area contributed by atoms with Crippen molar-refractivity contribution in [3.63, 3.8) is 0 Å². The minimum Gasteiger partial charge on any atom is -0.349 e. The Morgan fingerprint density at radius 3 is 1.38 bits per heavy atom. The highest BCUT2D eigenvalue weighted by Crippen LogP contribution is 2.41. The van der Waals surface area contributed by atoms with Gasteiger partial charge in [-0.3, -0.25) is 18.7 Å². The van der Waals surface area contributed by atoms with Gasteiger partial charge in [0.2, 0.25) is 0 Å². The Hall–Kier alpha value is -6.53. The van der Waals surface area contributed by atoms with Gasteiger partial charge in [0.05, 0.1) is 11.4 Å². The molecule has 4 aromatic carbocycles. The Labute approximate surface area is 418 Å². The first kappa shape index (κ1) is 53.3. The van der Waals surface area contributed by atoms with Crippen molar-refractivity contribution in [1.82, 2.24) is 34.2 Å². The maximum absolute atomic E-state index is 13.5. The quantitative estimate of drug-likeness (QED) is 0.0672. The van der Waals surface area contributed by atoms with Gasteiger partial charge in [-0.15, -0.1) is 0 Å². The van der Waals surface area contributed by atoms with Gasteiger partial charge in [-0.1, -0.05) is 31.7 Å². The molecule has 4 atom stereocenters. The van der Waals surface area contributed by atoms with Crippen molar-refractivity contribution < 1.29 is 22.4 Å². The largest absolute Gasteiger partial charge is 0.349 e. The number of nitrogens with zero attached hydrogens (tertiary/aromatic N) is 8. The molecule has 10 rings (SSSR count). The summed E-state index contributed by atoms with van der Waals surface area (Å²) >= 11 is 0. The summed E-state index contributed by atoms with van der Waals surface area (Å²) in [6.45, 7) is 7.25. The number of carbonyl (C=O) groups excluding carboxylic acids is 1. The Morgan fingerprint density at radius 2 is 0.972 bits per heavy atom. The number of nitrogens with one attached hydrogen (secondary N) is 1. The van der Waals surface area contributed by atoms with Gasteiger partial charge in [0.25, 0.3) is 11.1 Å². The van der Waals surface area contributed by atoms with Crippen molar-refractivity contribution in [2.24, 2.45) is 5.73 Å². The molecule has 0 radical (unpaired) electrons. The fourth-order valence-corrected chi connectivity index (χ4v) is 8.90. The van der Waals surface area contributed by atoms with Crippen LogP contribution in [0.25, 0.3) is 11.4 Å². The highest BCUT2D eigenvalue weighted by Gasteiger charge is 2.37. The Kier molecular flexibility index (Phi) is 18.3. The first-order valence-corrected chi connectivity index (χ1v) is 24.4. The van der Waals surface area contributed by atoms with Crippen molar-refractivity contribution in [3.8, 4) is 11.4 Å². The molecule has 4 aliphatic rings. The molecule has 6 aromatic rings. The van der Waals surface area contributed by atoms with E-state index in [0.29, 0.717) is 65.5 Å². The van der Waals surface area contributed by atoms with Crippen LogP contribution in [-0.2, 0) is 17.6 Å². The predicted octanol–water partition coefficient (Wildman–Crippen LogP) is 6.87. The molecule has 2 aromatic heterocycles. The van der Waals surface area contributed by atoms with Gasteiger partial charge >= 0.3 is 0 Å². The molecule has 2 aliphatic carbocycles. The Balaban J connectivity index is 0.000000178. The molecule has 2 saturated carbocycles. The zero-order valence-electron chi connectivity index (χ0n) is 40.3. The van der Waals surface area contributed by atoms with Crippen LogP contribution < -0.4 is 32.0 Å². The van der Waals surface area contributed by atoms with Gasteiger partial charge < -0.3 is 35.4 Å². The summed E-state index contributed by atoms with van der Waals surface area (Å²) < 4.78 is 55.4. The van der Waals surface area contributed by atoms with Gasteiger partial charge in [0.1, 0.15) is 29.6 Å². The zero-order valence-corrected chi connectivity index (χ0v) is 40.3. The lowest BCUT2D eigenvalue weighted by Crippen LogP contribution is -2.47. The fourth-order valence-electron chi connectivity index (χ4n) is 8.90. The van der Waals surface area contributed by atoms with E-state index in [0.717, 1.165) is 96.6 Å². The van der Waals surface area contributed by atoms with E-state index in [4.69, 9.17) is 10.7 Å². The number of aryl methyl sites for hydroxylation is 2. The average Bonchev–Trinajstić information content (AvgIpc) is 4.32. The number of nitrogens with two attached hydrogens (primary N) is 1. The van der Waals surface area contributed by atoms with Crippen LogP contribution in [0.15, 0.2) is 119 Å².